The number of hydrogen-bond acceptors (Lipinski definition) is 8. The summed E-state index contributed by atoms with van der Waals surface area (Å²) < 4.78 is 28.6. The highest BCUT2D eigenvalue weighted by Crippen LogP contribution is 2.22. The fraction of sp³-hybridized carbons (Fsp3) is 0.0952. The lowest BCUT2D eigenvalue weighted by atomic mass is 10.2. The Kier molecular flexibility index (Phi) is 7.17. The van der Waals surface area contributed by atoms with Crippen LogP contribution in [0, 0.1) is 0 Å². The summed E-state index contributed by atoms with van der Waals surface area (Å²) >= 11 is 12.8. The van der Waals surface area contributed by atoms with Gasteiger partial charge in [-0.2, -0.15) is 9.78 Å². The molecule has 2 heterocycles. The zero-order chi connectivity index (χ0) is 25.2. The monoisotopic (exact) mass is 550 g/mol. The molecule has 0 fully saturated rings. The molecule has 14 heteroatoms. The number of halogens is 2. The van der Waals surface area contributed by atoms with Gasteiger partial charge in [-0.3, -0.25) is 14.3 Å². The molecule has 4 aromatic rings. The second-order valence-corrected chi connectivity index (χ2v) is 10.5. The van der Waals surface area contributed by atoms with E-state index in [1.165, 1.54) is 54.7 Å². The Hall–Kier alpha value is -3.32. The molecule has 0 aliphatic heterocycles. The van der Waals surface area contributed by atoms with Crippen LogP contribution < -0.4 is 15.6 Å². The molecular formula is C21H16Cl2N6O4S2. The largest absolute Gasteiger partial charge is 0.322 e. The smallest absolute Gasteiger partial charge is 0.291 e. The summed E-state index contributed by atoms with van der Waals surface area (Å²) in [6, 6.07) is 11.8. The summed E-state index contributed by atoms with van der Waals surface area (Å²) in [6.45, 7) is 1.90. The molecule has 0 unspecified atom stereocenters. The van der Waals surface area contributed by atoms with Crippen molar-refractivity contribution >= 4 is 61.3 Å². The van der Waals surface area contributed by atoms with Gasteiger partial charge in [-0.1, -0.05) is 41.5 Å². The Morgan fingerprint density at radius 1 is 1.06 bits per heavy atom. The molecule has 1 amide bonds. The van der Waals surface area contributed by atoms with Crippen molar-refractivity contribution in [3.63, 3.8) is 0 Å². The molecule has 0 aliphatic rings. The van der Waals surface area contributed by atoms with Gasteiger partial charge in [0.15, 0.2) is 0 Å². The molecule has 2 N–H and O–H groups in total. The number of aromatic nitrogens is 4. The minimum Gasteiger partial charge on any atom is -0.322 e. The van der Waals surface area contributed by atoms with E-state index in [0.29, 0.717) is 28.4 Å². The summed E-state index contributed by atoms with van der Waals surface area (Å²) in [6.07, 6.45) is 1.91. The topological polar surface area (TPSA) is 136 Å². The lowest BCUT2D eigenvalue weighted by Crippen LogP contribution is -2.21. The lowest BCUT2D eigenvalue weighted by Gasteiger charge is -2.09. The number of nitrogens with zero attached hydrogens (tertiary/aromatic N) is 4. The van der Waals surface area contributed by atoms with Crippen LogP contribution in [0.1, 0.15) is 22.3 Å². The summed E-state index contributed by atoms with van der Waals surface area (Å²) in [4.78, 5) is 24.8. The van der Waals surface area contributed by atoms with Crippen molar-refractivity contribution in [2.45, 2.75) is 18.2 Å². The van der Waals surface area contributed by atoms with Crippen molar-refractivity contribution in [2.24, 2.45) is 0 Å². The molecule has 2 aromatic heterocycles. The van der Waals surface area contributed by atoms with Gasteiger partial charge in [0.25, 0.3) is 21.5 Å². The molecule has 2 aromatic carbocycles. The predicted molar refractivity (Wildman–Crippen MR) is 134 cm³/mol. The lowest BCUT2D eigenvalue weighted by molar-refractivity contribution is 0.102. The van der Waals surface area contributed by atoms with Crippen LogP contribution in [0.2, 0.25) is 10.0 Å². The number of carbonyl (C=O) groups excluding carboxylic acids is 1. The van der Waals surface area contributed by atoms with Gasteiger partial charge in [0.05, 0.1) is 21.8 Å². The molecule has 10 nitrogen and oxygen atoms in total. The number of hydrogen-bond donors (Lipinski definition) is 2. The molecule has 180 valence electrons. The minimum atomic E-state index is -3.85. The molecule has 4 rings (SSSR count). The van der Waals surface area contributed by atoms with Crippen molar-refractivity contribution in [1.82, 2.24) is 20.0 Å². The first-order valence-corrected chi connectivity index (χ1v) is 13.0. The van der Waals surface area contributed by atoms with Crippen molar-refractivity contribution in [1.29, 1.82) is 0 Å². The highest BCUT2D eigenvalue weighted by Gasteiger charge is 2.17. The van der Waals surface area contributed by atoms with Crippen LogP contribution in [0.4, 0.5) is 10.8 Å². The van der Waals surface area contributed by atoms with Crippen molar-refractivity contribution < 1.29 is 13.2 Å². The standard InChI is InChI=1S/C21H16Cl2N6O4S2/c1-2-17-26-27-21(34-17)28-35(32,33)15-9-5-13(6-10-15)25-19(30)12-3-7-14(8-4-12)29-20(31)18(23)16(22)11-24-29/h3-11H,2H2,1H3,(H,25,30)(H,27,28). The van der Waals surface area contributed by atoms with Gasteiger partial charge in [-0.25, -0.2) is 8.42 Å². The number of aryl methyl sites for hydroxylation is 1. The Morgan fingerprint density at radius 3 is 2.37 bits per heavy atom. The maximum atomic E-state index is 12.6. The Balaban J connectivity index is 1.44. The number of sulfonamides is 1. The van der Waals surface area contributed by atoms with E-state index in [2.05, 4.69) is 25.3 Å². The van der Waals surface area contributed by atoms with Gasteiger partial charge < -0.3 is 5.32 Å². The van der Waals surface area contributed by atoms with Crippen LogP contribution in [0.25, 0.3) is 5.69 Å². The van der Waals surface area contributed by atoms with Gasteiger partial charge in [0.1, 0.15) is 10.0 Å². The first-order valence-electron chi connectivity index (χ1n) is 9.98. The van der Waals surface area contributed by atoms with Crippen molar-refractivity contribution in [3.05, 3.63) is 85.7 Å². The zero-order valence-electron chi connectivity index (χ0n) is 17.9. The van der Waals surface area contributed by atoms with E-state index >= 15 is 0 Å². The molecule has 35 heavy (non-hydrogen) atoms. The molecule has 0 atom stereocenters. The van der Waals surface area contributed by atoms with E-state index in [1.807, 2.05) is 6.92 Å². The number of amides is 1. The third-order valence-electron chi connectivity index (χ3n) is 4.66. The van der Waals surface area contributed by atoms with Crippen molar-refractivity contribution in [3.8, 4) is 5.69 Å². The fourth-order valence-electron chi connectivity index (χ4n) is 2.88. The number of rotatable bonds is 7. The third-order valence-corrected chi connectivity index (χ3v) is 7.88. The minimum absolute atomic E-state index is 0.00710. The molecule has 0 saturated heterocycles. The third kappa shape index (κ3) is 5.51. The number of carbonyl (C=O) groups is 1. The van der Waals surface area contributed by atoms with Gasteiger partial charge in [0.2, 0.25) is 5.13 Å². The summed E-state index contributed by atoms with van der Waals surface area (Å²) in [7, 11) is -3.85. The van der Waals surface area contributed by atoms with Crippen LogP contribution in [0.15, 0.2) is 64.4 Å². The van der Waals surface area contributed by atoms with Crippen LogP contribution in [-0.4, -0.2) is 34.3 Å². The Morgan fingerprint density at radius 2 is 1.74 bits per heavy atom. The normalized spacial score (nSPS) is 11.3. The Bertz CT molecular complexity index is 1550. The molecule has 0 spiro atoms. The maximum Gasteiger partial charge on any atom is 0.291 e. The number of anilines is 2. The highest BCUT2D eigenvalue weighted by molar-refractivity contribution is 7.93. The molecule has 0 saturated carbocycles. The highest BCUT2D eigenvalue weighted by atomic mass is 35.5. The maximum absolute atomic E-state index is 12.6. The van der Waals surface area contributed by atoms with E-state index in [0.717, 1.165) is 16.0 Å². The Labute approximate surface area is 213 Å². The van der Waals surface area contributed by atoms with Crippen LogP contribution in [0.5, 0.6) is 0 Å². The van der Waals surface area contributed by atoms with Gasteiger partial charge >= 0.3 is 0 Å². The fourth-order valence-corrected chi connectivity index (χ4v) is 5.05. The summed E-state index contributed by atoms with van der Waals surface area (Å²) in [5.41, 5.74) is 0.513. The molecular weight excluding hydrogens is 535 g/mol. The van der Waals surface area contributed by atoms with E-state index in [-0.39, 0.29) is 20.1 Å². The van der Waals surface area contributed by atoms with E-state index in [9.17, 15) is 18.0 Å². The second kappa shape index (κ2) is 10.1. The molecule has 0 aliphatic carbocycles. The molecule has 0 bridgehead atoms. The van der Waals surface area contributed by atoms with Gasteiger partial charge in [0, 0.05) is 11.3 Å². The van der Waals surface area contributed by atoms with Crippen molar-refractivity contribution in [2.75, 3.05) is 10.0 Å². The second-order valence-electron chi connectivity index (χ2n) is 7.01. The van der Waals surface area contributed by atoms with Crippen LogP contribution in [0.3, 0.4) is 0 Å². The predicted octanol–water partition coefficient (Wildman–Crippen LogP) is 4.01. The van der Waals surface area contributed by atoms with Crippen LogP contribution in [-0.2, 0) is 16.4 Å². The average molecular weight is 551 g/mol. The first kappa shape index (κ1) is 24.8. The first-order chi connectivity index (χ1) is 16.7. The average Bonchev–Trinajstić information content (AvgIpc) is 3.30. The van der Waals surface area contributed by atoms with E-state index in [1.54, 1.807) is 0 Å². The van der Waals surface area contributed by atoms with Gasteiger partial charge in [-0.15, -0.1) is 10.2 Å². The molecule has 0 radical (unpaired) electrons. The summed E-state index contributed by atoms with van der Waals surface area (Å²) in [5, 5.41) is 15.1. The summed E-state index contributed by atoms with van der Waals surface area (Å²) in [5.74, 6) is -0.430. The quantitative estimate of drug-likeness (QED) is 0.354. The zero-order valence-corrected chi connectivity index (χ0v) is 21.0. The number of benzene rings is 2. The van der Waals surface area contributed by atoms with E-state index in [4.69, 9.17) is 23.2 Å². The van der Waals surface area contributed by atoms with Gasteiger partial charge in [-0.05, 0) is 55.0 Å². The number of nitrogens with one attached hydrogen (secondary N) is 2. The van der Waals surface area contributed by atoms with E-state index < -0.39 is 21.5 Å². The van der Waals surface area contributed by atoms with Crippen LogP contribution >= 0.6 is 34.5 Å². The SMILES string of the molecule is CCc1nnc(NS(=O)(=O)c2ccc(NC(=O)c3ccc(-n4ncc(Cl)c(Cl)c4=O)cc3)cc2)s1.